The predicted molar refractivity (Wildman–Crippen MR) is 158 cm³/mol. The summed E-state index contributed by atoms with van der Waals surface area (Å²) >= 11 is 0. The topological polar surface area (TPSA) is 51.2 Å². The number of hydrogen-bond donors (Lipinski definition) is 0. The van der Waals surface area contributed by atoms with Crippen molar-refractivity contribution in [1.82, 2.24) is 9.80 Å². The van der Waals surface area contributed by atoms with Gasteiger partial charge in [0.15, 0.2) is 5.78 Å². The van der Waals surface area contributed by atoms with Gasteiger partial charge < -0.3 is 14.2 Å². The van der Waals surface area contributed by atoms with Crippen LogP contribution < -0.4 is 0 Å². The van der Waals surface area contributed by atoms with E-state index in [4.69, 9.17) is 14.2 Å². The lowest BCUT2D eigenvalue weighted by Gasteiger charge is -2.54. The van der Waals surface area contributed by atoms with E-state index >= 15 is 0 Å². The van der Waals surface area contributed by atoms with Gasteiger partial charge in [0.1, 0.15) is 6.61 Å². The molecule has 2 heterocycles. The maximum absolute atomic E-state index is 10.9. The Bertz CT molecular complexity index is 614. The number of Topliss-reactive ketones (excluding diaryl/α,β-unsaturated/α-hetero) is 1. The molecule has 0 amide bonds. The first-order valence-corrected chi connectivity index (χ1v) is 14.5. The van der Waals surface area contributed by atoms with Crippen LogP contribution in [0.5, 0.6) is 0 Å². The Morgan fingerprint density at radius 3 is 1.46 bits per heavy atom. The van der Waals surface area contributed by atoms with E-state index < -0.39 is 0 Å². The van der Waals surface area contributed by atoms with Crippen LogP contribution >= 0.6 is 0 Å². The smallest absolute Gasteiger partial charge is 0.155 e. The van der Waals surface area contributed by atoms with Gasteiger partial charge in [-0.15, -0.1) is 0 Å². The molecule has 0 radical (unpaired) electrons. The Morgan fingerprint density at radius 1 is 0.784 bits per heavy atom. The Kier molecular flexibility index (Phi) is 15.1. The van der Waals surface area contributed by atoms with Gasteiger partial charge in [0, 0.05) is 36.4 Å². The highest BCUT2D eigenvalue weighted by Gasteiger charge is 2.45. The van der Waals surface area contributed by atoms with Crippen LogP contribution in [0.2, 0.25) is 0 Å². The van der Waals surface area contributed by atoms with E-state index in [0.717, 1.165) is 45.1 Å². The standard InChI is InChI=1S/C13H25NO2.C12H25NO.C6H14O/c1-10(15)9-16-11-7-12(2,3)14(6)13(4,5)8-11;1-7-13-11(2,3)8-10(14-6)9-12(13,4)5;1-4-6(5-2)7-3/h11H,7-9H2,1-6H3;10H,7-9H2,1-6H3;6H,4-5H2,1-3H3. The normalized spacial score (nSPS) is 23.6. The molecule has 37 heavy (non-hydrogen) atoms. The Hall–Kier alpha value is -0.530. The Labute approximate surface area is 231 Å². The van der Waals surface area contributed by atoms with Gasteiger partial charge in [-0.1, -0.05) is 20.8 Å². The molecule has 2 saturated heterocycles. The molecule has 0 aliphatic carbocycles. The lowest BCUT2D eigenvalue weighted by atomic mass is 9.78. The predicted octanol–water partition coefficient (Wildman–Crippen LogP) is 6.74. The minimum absolute atomic E-state index is 0.106. The number of rotatable bonds is 8. The van der Waals surface area contributed by atoms with Crippen molar-refractivity contribution in [3.63, 3.8) is 0 Å². The number of piperidine rings is 2. The molecule has 0 atom stereocenters. The van der Waals surface area contributed by atoms with Crippen molar-refractivity contribution in [1.29, 1.82) is 0 Å². The van der Waals surface area contributed by atoms with Crippen LogP contribution in [0.3, 0.4) is 0 Å². The molecular weight excluding hydrogens is 464 g/mol. The van der Waals surface area contributed by atoms with Crippen molar-refractivity contribution in [2.75, 3.05) is 34.4 Å². The van der Waals surface area contributed by atoms with Crippen LogP contribution in [0.25, 0.3) is 0 Å². The largest absolute Gasteiger partial charge is 0.381 e. The summed E-state index contributed by atoms with van der Waals surface area (Å²) < 4.78 is 16.3. The average Bonchev–Trinajstić information content (AvgIpc) is 2.76. The minimum atomic E-state index is 0.106. The van der Waals surface area contributed by atoms with Gasteiger partial charge in [-0.05, 0) is 114 Å². The summed E-state index contributed by atoms with van der Waals surface area (Å²) in [7, 11) is 5.76. The summed E-state index contributed by atoms with van der Waals surface area (Å²) in [5.41, 5.74) is 0.779. The lowest BCUT2D eigenvalue weighted by Crippen LogP contribution is -2.61. The minimum Gasteiger partial charge on any atom is -0.381 e. The third kappa shape index (κ3) is 11.6. The zero-order chi connectivity index (χ0) is 29.2. The first-order chi connectivity index (χ1) is 16.8. The van der Waals surface area contributed by atoms with Crippen molar-refractivity contribution in [2.45, 2.75) is 162 Å². The van der Waals surface area contributed by atoms with Crippen LogP contribution in [-0.4, -0.2) is 90.5 Å². The van der Waals surface area contributed by atoms with Crippen LogP contribution in [0.1, 0.15) is 122 Å². The first-order valence-electron chi connectivity index (χ1n) is 14.5. The number of carbonyl (C=O) groups is 1. The highest BCUT2D eigenvalue weighted by molar-refractivity contribution is 5.76. The number of ketones is 1. The zero-order valence-electron chi connectivity index (χ0n) is 27.4. The van der Waals surface area contributed by atoms with E-state index in [1.165, 1.54) is 0 Å². The highest BCUT2D eigenvalue weighted by Crippen LogP contribution is 2.39. The summed E-state index contributed by atoms with van der Waals surface area (Å²) in [5, 5.41) is 0. The number of nitrogens with zero attached hydrogens (tertiary/aromatic N) is 2. The molecule has 6 heteroatoms. The second-order valence-corrected chi connectivity index (χ2v) is 13.5. The van der Waals surface area contributed by atoms with Crippen LogP contribution in [0.15, 0.2) is 0 Å². The fourth-order valence-electron chi connectivity index (χ4n) is 6.50. The monoisotopic (exact) mass is 528 g/mol. The fourth-order valence-corrected chi connectivity index (χ4v) is 6.50. The molecule has 2 rings (SSSR count). The maximum Gasteiger partial charge on any atom is 0.155 e. The number of hydrogen-bond acceptors (Lipinski definition) is 6. The van der Waals surface area contributed by atoms with Crippen LogP contribution in [-0.2, 0) is 19.0 Å². The number of likely N-dealkylation sites (tertiary alicyclic amines) is 2. The zero-order valence-corrected chi connectivity index (χ0v) is 27.4. The molecule has 6 nitrogen and oxygen atoms in total. The van der Waals surface area contributed by atoms with Crippen LogP contribution in [0.4, 0.5) is 0 Å². The van der Waals surface area contributed by atoms with Crippen molar-refractivity contribution in [2.24, 2.45) is 0 Å². The molecule has 0 saturated carbocycles. The van der Waals surface area contributed by atoms with Gasteiger partial charge in [-0.3, -0.25) is 14.6 Å². The quantitative estimate of drug-likeness (QED) is 0.348. The third-order valence-corrected chi connectivity index (χ3v) is 8.60. The van der Waals surface area contributed by atoms with Crippen LogP contribution in [0, 0.1) is 0 Å². The highest BCUT2D eigenvalue weighted by atomic mass is 16.5. The van der Waals surface area contributed by atoms with Crippen molar-refractivity contribution >= 4 is 5.78 Å². The SMILES string of the molecule is CC(=O)COC1CC(C)(C)N(C)C(C)(C)C1.CCC(CC)OC.CCN1C(C)(C)CC(OC)CC1(C)C. The average molecular weight is 529 g/mol. The molecule has 0 aromatic rings. The second kappa shape index (κ2) is 15.3. The number of carbonyl (C=O) groups excluding carboxylic acids is 1. The van der Waals surface area contributed by atoms with Crippen molar-refractivity contribution in [3.05, 3.63) is 0 Å². The second-order valence-electron chi connectivity index (χ2n) is 13.5. The summed E-state index contributed by atoms with van der Waals surface area (Å²) in [4.78, 5) is 15.9. The molecule has 0 bridgehead atoms. The van der Waals surface area contributed by atoms with E-state index in [2.05, 4.69) is 93.0 Å². The van der Waals surface area contributed by atoms with E-state index in [1.807, 2.05) is 7.11 Å². The summed E-state index contributed by atoms with van der Waals surface area (Å²) in [6.45, 7) is 27.7. The molecule has 0 spiro atoms. The van der Waals surface area contributed by atoms with Gasteiger partial charge in [-0.25, -0.2) is 0 Å². The molecule has 222 valence electrons. The van der Waals surface area contributed by atoms with E-state index in [-0.39, 0.29) is 40.6 Å². The first kappa shape index (κ1) is 36.5. The molecular formula is C31H64N2O4. The van der Waals surface area contributed by atoms with Gasteiger partial charge in [0.05, 0.1) is 18.3 Å². The van der Waals surface area contributed by atoms with Crippen molar-refractivity contribution in [3.8, 4) is 0 Å². The third-order valence-electron chi connectivity index (χ3n) is 8.60. The number of methoxy groups -OCH3 is 2. The van der Waals surface area contributed by atoms with Crippen molar-refractivity contribution < 1.29 is 19.0 Å². The van der Waals surface area contributed by atoms with Gasteiger partial charge in [-0.2, -0.15) is 0 Å². The van der Waals surface area contributed by atoms with E-state index in [1.54, 1.807) is 14.0 Å². The number of ether oxygens (including phenoxy) is 3. The molecule has 2 aliphatic heterocycles. The Morgan fingerprint density at radius 2 is 1.19 bits per heavy atom. The fraction of sp³-hybridized carbons (Fsp3) is 0.968. The molecule has 0 aromatic carbocycles. The van der Waals surface area contributed by atoms with E-state index in [9.17, 15) is 4.79 Å². The molecule has 0 N–H and O–H groups in total. The Balaban J connectivity index is 0.000000565. The summed E-state index contributed by atoms with van der Waals surface area (Å²) in [6, 6.07) is 0. The summed E-state index contributed by atoms with van der Waals surface area (Å²) in [6.07, 6.45) is 7.62. The summed E-state index contributed by atoms with van der Waals surface area (Å²) in [5.74, 6) is 0.106. The van der Waals surface area contributed by atoms with Gasteiger partial charge >= 0.3 is 0 Å². The van der Waals surface area contributed by atoms with Gasteiger partial charge in [0.2, 0.25) is 0 Å². The van der Waals surface area contributed by atoms with Gasteiger partial charge in [0.25, 0.3) is 0 Å². The molecule has 2 aliphatic rings. The lowest BCUT2D eigenvalue weighted by molar-refractivity contribution is -0.130. The van der Waals surface area contributed by atoms with E-state index in [0.29, 0.717) is 12.2 Å². The maximum atomic E-state index is 10.9. The molecule has 0 unspecified atom stereocenters. The molecule has 0 aromatic heterocycles. The molecule has 2 fully saturated rings.